The highest BCUT2D eigenvalue weighted by Gasteiger charge is 2.64. The number of hydrogen-bond donors (Lipinski definition) is 0. The van der Waals surface area contributed by atoms with Crippen molar-refractivity contribution in [3.8, 4) is 5.75 Å². The van der Waals surface area contributed by atoms with Crippen LogP contribution >= 0.6 is 0 Å². The smallest absolute Gasteiger partial charge is 0.239 e. The molecule has 6 nitrogen and oxygen atoms in total. The Hall–Kier alpha value is -1.25. The number of benzene rings is 1. The van der Waals surface area contributed by atoms with Crippen molar-refractivity contribution in [3.05, 3.63) is 29.8 Å². The molecule has 2 spiro atoms. The second-order valence-electron chi connectivity index (χ2n) is 12.5. The van der Waals surface area contributed by atoms with E-state index in [1.54, 1.807) is 0 Å². The topological polar surface area (TPSA) is 49.4 Å². The highest BCUT2D eigenvalue weighted by Crippen LogP contribution is 2.62. The third-order valence-corrected chi connectivity index (χ3v) is 10.1. The lowest BCUT2D eigenvalue weighted by Gasteiger charge is -2.60. The Morgan fingerprint density at radius 2 is 1.53 bits per heavy atom. The Bertz CT molecular complexity index is 879. The molecule has 7 aliphatic rings. The van der Waals surface area contributed by atoms with Gasteiger partial charge in [0, 0.05) is 44.3 Å². The molecule has 8 rings (SSSR count). The molecule has 198 valence electrons. The highest BCUT2D eigenvalue weighted by atomic mass is 19.1. The van der Waals surface area contributed by atoms with Crippen LogP contribution in [0.15, 0.2) is 24.3 Å². The summed E-state index contributed by atoms with van der Waals surface area (Å²) >= 11 is 0. The zero-order chi connectivity index (χ0) is 24.2. The van der Waals surface area contributed by atoms with Gasteiger partial charge < -0.3 is 4.74 Å². The summed E-state index contributed by atoms with van der Waals surface area (Å²) in [6.07, 6.45) is 10.4. The third kappa shape index (κ3) is 4.39. The molecular formula is C29H40FNO5. The van der Waals surface area contributed by atoms with Gasteiger partial charge in [-0.25, -0.2) is 4.39 Å². The van der Waals surface area contributed by atoms with Gasteiger partial charge in [0.15, 0.2) is 0 Å². The number of likely N-dealkylation sites (tertiary alicyclic amines) is 1. The average Bonchev–Trinajstić information content (AvgIpc) is 2.90. The van der Waals surface area contributed by atoms with Gasteiger partial charge in [-0.3, -0.25) is 4.90 Å². The zero-order valence-corrected chi connectivity index (χ0v) is 21.2. The zero-order valence-electron chi connectivity index (χ0n) is 21.2. The van der Waals surface area contributed by atoms with E-state index in [1.807, 2.05) is 0 Å². The number of piperidine rings is 1. The Morgan fingerprint density at radius 3 is 2.19 bits per heavy atom. The summed E-state index contributed by atoms with van der Waals surface area (Å²) in [6.45, 7) is 3.13. The lowest BCUT2D eigenvalue weighted by molar-refractivity contribution is -0.680. The Kier molecular flexibility index (Phi) is 6.29. The molecule has 0 amide bonds. The Balaban J connectivity index is 0.936. The van der Waals surface area contributed by atoms with Crippen molar-refractivity contribution < 1.29 is 28.7 Å². The lowest BCUT2D eigenvalue weighted by atomic mass is 9.53. The molecule has 2 heterocycles. The van der Waals surface area contributed by atoms with Gasteiger partial charge in [-0.2, -0.15) is 19.6 Å². The van der Waals surface area contributed by atoms with Crippen molar-refractivity contribution in [1.82, 2.24) is 4.90 Å². The number of rotatable bonds is 5. The monoisotopic (exact) mass is 501 g/mol. The molecule has 1 aromatic rings. The number of halogens is 1. The van der Waals surface area contributed by atoms with Gasteiger partial charge in [0.25, 0.3) is 0 Å². The fourth-order valence-electron chi connectivity index (χ4n) is 8.31. The van der Waals surface area contributed by atoms with Crippen molar-refractivity contribution in [2.45, 2.75) is 94.3 Å². The number of ether oxygens (including phenoxy) is 1. The minimum Gasteiger partial charge on any atom is -0.492 e. The first kappa shape index (κ1) is 23.8. The highest BCUT2D eigenvalue weighted by molar-refractivity contribution is 5.30. The first-order chi connectivity index (χ1) is 17.6. The summed E-state index contributed by atoms with van der Waals surface area (Å²) < 4.78 is 19.3. The van der Waals surface area contributed by atoms with E-state index in [1.165, 1.54) is 37.7 Å². The van der Waals surface area contributed by atoms with Crippen LogP contribution in [0.5, 0.6) is 5.75 Å². The maximum Gasteiger partial charge on any atom is 0.239 e. The maximum atomic E-state index is 13.3. The van der Waals surface area contributed by atoms with E-state index in [0.717, 1.165) is 62.9 Å². The van der Waals surface area contributed by atoms with Crippen LogP contribution in [0.3, 0.4) is 0 Å². The normalized spacial score (nSPS) is 42.9. The summed E-state index contributed by atoms with van der Waals surface area (Å²) in [5.74, 6) is 2.17. The number of nitrogens with zero attached hydrogens (tertiary/aromatic N) is 1. The second-order valence-corrected chi connectivity index (χ2v) is 12.5. The summed E-state index contributed by atoms with van der Waals surface area (Å²) in [6, 6.07) is 8.45. The summed E-state index contributed by atoms with van der Waals surface area (Å²) in [4.78, 5) is 27.1. The molecule has 4 bridgehead atoms. The van der Waals surface area contributed by atoms with Crippen molar-refractivity contribution in [2.24, 2.45) is 23.7 Å². The van der Waals surface area contributed by atoms with Crippen molar-refractivity contribution in [3.63, 3.8) is 0 Å². The molecular weight excluding hydrogens is 461 g/mol. The molecule has 36 heavy (non-hydrogen) atoms. The van der Waals surface area contributed by atoms with E-state index >= 15 is 0 Å². The molecule has 1 unspecified atom stereocenters. The van der Waals surface area contributed by atoms with Crippen LogP contribution in [0.2, 0.25) is 0 Å². The van der Waals surface area contributed by atoms with Crippen LogP contribution in [0.4, 0.5) is 4.39 Å². The minimum atomic E-state index is -0.814. The second kappa shape index (κ2) is 9.49. The predicted octanol–water partition coefficient (Wildman–Crippen LogP) is 5.92. The van der Waals surface area contributed by atoms with Crippen LogP contribution in [0.25, 0.3) is 0 Å². The number of hydrogen-bond acceptors (Lipinski definition) is 6. The van der Waals surface area contributed by atoms with Gasteiger partial charge in [0.05, 0.1) is 0 Å². The van der Waals surface area contributed by atoms with Crippen molar-refractivity contribution >= 4 is 0 Å². The largest absolute Gasteiger partial charge is 0.492 e. The van der Waals surface area contributed by atoms with E-state index in [-0.39, 0.29) is 0 Å². The number of alkyl halides is 1. The van der Waals surface area contributed by atoms with Gasteiger partial charge in [0.1, 0.15) is 18.5 Å². The molecule has 2 saturated heterocycles. The van der Waals surface area contributed by atoms with E-state index in [4.69, 9.17) is 24.3 Å². The summed E-state index contributed by atoms with van der Waals surface area (Å²) in [7, 11) is 0. The van der Waals surface area contributed by atoms with E-state index in [9.17, 15) is 4.39 Å². The molecule has 2 aliphatic heterocycles. The summed E-state index contributed by atoms with van der Waals surface area (Å²) in [5.41, 5.74) is 1.27. The molecule has 7 heteroatoms. The van der Waals surface area contributed by atoms with Crippen LogP contribution in [-0.2, 0) is 19.6 Å². The SMILES string of the molecule is FC1CCN(CCOc2ccc(C3CCCC4(C3)OOC3(OO4)C4CC5CC(C4)CC3C5)cc2)CC1. The summed E-state index contributed by atoms with van der Waals surface area (Å²) in [5, 5.41) is 0. The first-order valence-electron chi connectivity index (χ1n) is 14.4. The lowest BCUT2D eigenvalue weighted by Crippen LogP contribution is -2.64. The van der Waals surface area contributed by atoms with E-state index in [2.05, 4.69) is 29.2 Å². The van der Waals surface area contributed by atoms with Gasteiger partial charge in [-0.05, 0) is 93.2 Å². The average molecular weight is 502 g/mol. The van der Waals surface area contributed by atoms with Crippen LogP contribution < -0.4 is 4.74 Å². The first-order valence-corrected chi connectivity index (χ1v) is 14.4. The molecule has 0 aromatic heterocycles. The molecule has 1 atom stereocenters. The standard InChI is InChI=1S/C29H40FNO5/c30-26-7-10-31(11-8-26)12-13-32-27-5-3-22(4-6-27)23-2-1-9-28(19-23)33-35-29(36-34-28)24-15-20-14-21(17-24)18-25(29)16-20/h3-6,20-21,23-26H,1-2,7-19H2. The molecule has 0 N–H and O–H groups in total. The maximum absolute atomic E-state index is 13.3. The molecule has 7 fully saturated rings. The molecule has 5 aliphatic carbocycles. The van der Waals surface area contributed by atoms with Crippen LogP contribution in [0.1, 0.15) is 82.1 Å². The quantitative estimate of drug-likeness (QED) is 0.467. The molecule has 1 aromatic carbocycles. The Morgan fingerprint density at radius 1 is 0.861 bits per heavy atom. The van der Waals surface area contributed by atoms with Gasteiger partial charge in [-0.1, -0.05) is 12.1 Å². The van der Waals surface area contributed by atoms with Gasteiger partial charge in [-0.15, -0.1) is 0 Å². The predicted molar refractivity (Wildman–Crippen MR) is 131 cm³/mol. The fourth-order valence-corrected chi connectivity index (χ4v) is 8.31. The van der Waals surface area contributed by atoms with Crippen LogP contribution in [0, 0.1) is 23.7 Å². The minimum absolute atomic E-state index is 0.328. The molecule has 0 radical (unpaired) electrons. The van der Waals surface area contributed by atoms with Crippen molar-refractivity contribution in [2.75, 3.05) is 26.2 Å². The Labute approximate surface area is 213 Å². The third-order valence-electron chi connectivity index (χ3n) is 10.1. The van der Waals surface area contributed by atoms with Gasteiger partial charge in [0.2, 0.25) is 11.6 Å². The van der Waals surface area contributed by atoms with E-state index in [0.29, 0.717) is 37.2 Å². The van der Waals surface area contributed by atoms with Gasteiger partial charge >= 0.3 is 0 Å². The van der Waals surface area contributed by atoms with Crippen molar-refractivity contribution in [1.29, 1.82) is 0 Å². The molecule has 5 saturated carbocycles. The van der Waals surface area contributed by atoms with E-state index < -0.39 is 17.7 Å². The fraction of sp³-hybridized carbons (Fsp3) is 0.793. The van der Waals surface area contributed by atoms with Crippen LogP contribution in [-0.4, -0.2) is 48.9 Å².